The van der Waals surface area contributed by atoms with E-state index in [0.717, 1.165) is 22.2 Å². The second-order valence-electron chi connectivity index (χ2n) is 13.2. The average molecular weight is 792 g/mol. The van der Waals surface area contributed by atoms with E-state index in [1.807, 2.05) is 0 Å². The Morgan fingerprint density at radius 1 is 0.833 bits per heavy atom. The third kappa shape index (κ3) is 10.9. The summed E-state index contributed by atoms with van der Waals surface area (Å²) in [5.41, 5.74) is -2.10. The van der Waals surface area contributed by atoms with Gasteiger partial charge in [-0.25, -0.2) is 29.3 Å². The molecule has 1 heterocycles. The molecule has 0 spiro atoms. The lowest BCUT2D eigenvalue weighted by molar-refractivity contribution is -0.111. The normalized spacial score (nSPS) is 11.2. The lowest BCUT2D eigenvalue weighted by Gasteiger charge is -2.31. The molecule has 0 saturated heterocycles. The summed E-state index contributed by atoms with van der Waals surface area (Å²) in [7, 11) is 5.50. The van der Waals surface area contributed by atoms with Crippen LogP contribution in [0.15, 0.2) is 49.3 Å². The van der Waals surface area contributed by atoms with E-state index in [1.54, 1.807) is 47.6 Å². The van der Waals surface area contributed by atoms with Crippen molar-refractivity contribution in [3.05, 3.63) is 59.4 Å². The van der Waals surface area contributed by atoms with E-state index in [9.17, 15) is 19.2 Å². The first-order valence-corrected chi connectivity index (χ1v) is 17.0. The van der Waals surface area contributed by atoms with Crippen molar-refractivity contribution < 1.29 is 47.6 Å². The first-order chi connectivity index (χ1) is 25.3. The molecule has 0 radical (unpaired) electrons. The van der Waals surface area contributed by atoms with Crippen LogP contribution >= 0.6 is 23.2 Å². The smallest absolute Gasteiger partial charge is 0.423 e. The minimum atomic E-state index is -1.14. The van der Waals surface area contributed by atoms with Gasteiger partial charge in [0.25, 0.3) is 0 Å². The average Bonchev–Trinajstić information content (AvgIpc) is 3.09. The van der Waals surface area contributed by atoms with E-state index >= 15 is 0 Å². The van der Waals surface area contributed by atoms with Gasteiger partial charge in [0.2, 0.25) is 5.91 Å². The van der Waals surface area contributed by atoms with Crippen LogP contribution in [0.25, 0.3) is 0 Å². The number of anilines is 5. The minimum Gasteiger partial charge on any atom is -0.495 e. The van der Waals surface area contributed by atoms with Crippen LogP contribution in [0.3, 0.4) is 0 Å². The highest BCUT2D eigenvalue weighted by Crippen LogP contribution is 2.47. The number of benzene rings is 2. The van der Waals surface area contributed by atoms with Crippen molar-refractivity contribution in [3.63, 3.8) is 0 Å². The summed E-state index contributed by atoms with van der Waals surface area (Å²) in [6.45, 7) is 13.9. The number of carbonyl (C=O) groups is 4. The molecular formula is C36H44Cl2N6O10. The van der Waals surface area contributed by atoms with Gasteiger partial charge in [-0.05, 0) is 59.8 Å². The summed E-state index contributed by atoms with van der Waals surface area (Å²) in [5, 5.41) is 2.29. The van der Waals surface area contributed by atoms with Crippen molar-refractivity contribution in [1.82, 2.24) is 9.97 Å². The SMILES string of the molecule is C=CC(=O)Nc1cc(OCCOC)ccc1N(C(=O)OC(C)(C)C)c1cc(N(C)C(=O)N(C(=O)OC(C)(C)C)c2c(Cl)c(OC)cc(OC)c2Cl)ncn1. The molecule has 2 aromatic carbocycles. The second-order valence-corrected chi connectivity index (χ2v) is 13.9. The van der Waals surface area contributed by atoms with Crippen molar-refractivity contribution in [2.45, 2.75) is 52.7 Å². The number of nitrogens with one attached hydrogen (secondary N) is 1. The van der Waals surface area contributed by atoms with Gasteiger partial charge in [0.05, 0.1) is 32.2 Å². The fourth-order valence-electron chi connectivity index (χ4n) is 4.48. The van der Waals surface area contributed by atoms with Gasteiger partial charge >= 0.3 is 18.2 Å². The number of nitrogens with zero attached hydrogens (tertiary/aromatic N) is 5. The first-order valence-electron chi connectivity index (χ1n) is 16.2. The standard InChI is InChI=1S/C36H44Cl2N6O10/c1-12-28(45)41-22-17-21(52-16-15-49-9)13-14-23(22)43(33(47)53-35(2,3)4)27-19-26(39-20-40-27)42(8)32(46)44(34(48)54-36(5,6)7)31-29(37)24(50-10)18-25(51-11)30(31)38/h12-14,17-20H,1,15-16H2,2-11H3,(H,41,45). The van der Waals surface area contributed by atoms with Gasteiger partial charge < -0.3 is 33.7 Å². The van der Waals surface area contributed by atoms with Crippen LogP contribution in [0, 0.1) is 0 Å². The lowest BCUT2D eigenvalue weighted by atomic mass is 10.2. The maximum absolute atomic E-state index is 14.4. The molecule has 5 amide bonds. The number of amides is 5. The monoisotopic (exact) mass is 790 g/mol. The van der Waals surface area contributed by atoms with Crippen LogP contribution in [-0.2, 0) is 19.0 Å². The molecule has 54 heavy (non-hydrogen) atoms. The van der Waals surface area contributed by atoms with E-state index in [0.29, 0.717) is 17.3 Å². The van der Waals surface area contributed by atoms with Gasteiger partial charge in [-0.2, -0.15) is 4.90 Å². The van der Waals surface area contributed by atoms with Crippen LogP contribution in [0.4, 0.5) is 43.1 Å². The number of hydrogen-bond donors (Lipinski definition) is 1. The quantitative estimate of drug-likeness (QED) is 0.139. The molecule has 0 fully saturated rings. The van der Waals surface area contributed by atoms with Crippen LogP contribution < -0.4 is 34.2 Å². The molecule has 3 rings (SSSR count). The zero-order valence-electron chi connectivity index (χ0n) is 31.7. The highest BCUT2D eigenvalue weighted by molar-refractivity contribution is 6.43. The van der Waals surface area contributed by atoms with Crippen LogP contribution in [-0.4, -0.2) is 86.9 Å². The molecule has 0 aliphatic rings. The van der Waals surface area contributed by atoms with Gasteiger partial charge in [-0.3, -0.25) is 9.69 Å². The number of halogens is 2. The summed E-state index contributed by atoms with van der Waals surface area (Å²) >= 11 is 13.3. The largest absolute Gasteiger partial charge is 0.495 e. The number of imide groups is 1. The van der Waals surface area contributed by atoms with Gasteiger partial charge in [-0.15, -0.1) is 0 Å². The van der Waals surface area contributed by atoms with E-state index in [-0.39, 0.29) is 56.8 Å². The lowest BCUT2D eigenvalue weighted by Crippen LogP contribution is -2.48. The van der Waals surface area contributed by atoms with E-state index in [4.69, 9.17) is 51.6 Å². The van der Waals surface area contributed by atoms with Crippen molar-refractivity contribution in [3.8, 4) is 17.2 Å². The summed E-state index contributed by atoms with van der Waals surface area (Å²) < 4.78 is 32.8. The highest BCUT2D eigenvalue weighted by atomic mass is 35.5. The number of urea groups is 1. The molecule has 0 saturated carbocycles. The Bertz CT molecular complexity index is 1850. The van der Waals surface area contributed by atoms with Gasteiger partial charge in [0, 0.05) is 32.4 Å². The summed E-state index contributed by atoms with van der Waals surface area (Å²) in [6, 6.07) is 6.21. The molecule has 16 nitrogen and oxygen atoms in total. The molecule has 1 aromatic heterocycles. The molecule has 292 valence electrons. The highest BCUT2D eigenvalue weighted by Gasteiger charge is 2.37. The Hall–Kier alpha value is -5.32. The Morgan fingerprint density at radius 3 is 1.94 bits per heavy atom. The number of hydrogen-bond acceptors (Lipinski definition) is 12. The Labute approximate surface area is 323 Å². The molecule has 0 unspecified atom stereocenters. The minimum absolute atomic E-state index is 0.0451. The summed E-state index contributed by atoms with van der Waals surface area (Å²) in [6.07, 6.45) is 0.0952. The molecular weight excluding hydrogens is 747 g/mol. The van der Waals surface area contributed by atoms with Crippen molar-refractivity contribution in [2.24, 2.45) is 0 Å². The Kier molecular flexibility index (Phi) is 14.5. The maximum Gasteiger partial charge on any atom is 0.423 e. The maximum atomic E-state index is 14.4. The van der Waals surface area contributed by atoms with Crippen molar-refractivity contribution >= 4 is 76.0 Å². The van der Waals surface area contributed by atoms with Crippen LogP contribution in [0.1, 0.15) is 41.5 Å². The molecule has 0 aliphatic carbocycles. The molecule has 1 N–H and O–H groups in total. The first kappa shape index (κ1) is 43.1. The molecule has 3 aromatic rings. The zero-order valence-corrected chi connectivity index (χ0v) is 33.2. The molecule has 0 aliphatic heterocycles. The van der Waals surface area contributed by atoms with Crippen LogP contribution in [0.5, 0.6) is 17.2 Å². The van der Waals surface area contributed by atoms with Crippen molar-refractivity contribution in [2.75, 3.05) is 61.6 Å². The van der Waals surface area contributed by atoms with Gasteiger partial charge in [-0.1, -0.05) is 29.8 Å². The van der Waals surface area contributed by atoms with Gasteiger partial charge in [0.15, 0.2) is 0 Å². The van der Waals surface area contributed by atoms with Crippen molar-refractivity contribution in [1.29, 1.82) is 0 Å². The zero-order chi connectivity index (χ0) is 40.5. The number of ether oxygens (including phenoxy) is 6. The topological polar surface area (TPSA) is 171 Å². The number of rotatable bonds is 12. The number of carbonyl (C=O) groups excluding carboxylic acids is 4. The molecule has 0 bridgehead atoms. The third-order valence-electron chi connectivity index (χ3n) is 6.82. The second kappa shape index (κ2) is 18.1. The number of aromatic nitrogens is 2. The third-order valence-corrected chi connectivity index (χ3v) is 7.55. The summed E-state index contributed by atoms with van der Waals surface area (Å²) in [5.74, 6) is -0.351. The Morgan fingerprint density at radius 2 is 1.41 bits per heavy atom. The molecule has 18 heteroatoms. The fraction of sp³-hybridized carbons (Fsp3) is 0.389. The van der Waals surface area contributed by atoms with Gasteiger partial charge in [0.1, 0.15) is 68.8 Å². The van der Waals surface area contributed by atoms with E-state index in [1.165, 1.54) is 52.6 Å². The summed E-state index contributed by atoms with van der Waals surface area (Å²) in [4.78, 5) is 65.9. The molecule has 0 atom stereocenters. The van der Waals surface area contributed by atoms with Crippen LogP contribution in [0.2, 0.25) is 10.0 Å². The van der Waals surface area contributed by atoms with E-state index < -0.39 is 35.3 Å². The fourth-order valence-corrected chi connectivity index (χ4v) is 5.15. The Balaban J connectivity index is 2.24. The predicted molar refractivity (Wildman–Crippen MR) is 205 cm³/mol. The predicted octanol–water partition coefficient (Wildman–Crippen LogP) is 8.02. The van der Waals surface area contributed by atoms with E-state index in [2.05, 4.69) is 21.9 Å². The number of methoxy groups -OCH3 is 3.